The molecule has 1 aliphatic rings. The van der Waals surface area contributed by atoms with Gasteiger partial charge in [-0.3, -0.25) is 9.13 Å². The van der Waals surface area contributed by atoms with E-state index in [2.05, 4.69) is 50.2 Å². The number of hydrogen-bond acceptors (Lipinski definition) is 10. The molecule has 12 heteroatoms. The third kappa shape index (κ3) is 20.4. The standard InChI is InChI=1S/C66H102O10P2/c1-13-15-17-19-21-23-25-27-29-31-39-71-65-57-41-53-35-33-37-55(63(53)69-11)43-59-47-62(78(68,75-51(7)8)76-52(9)10)48-60(66(59)72-40-32-30-28-26-24-22-20-18-16-14-2)44-56-38-34-36-54(64(56)70-12)42-58(65)46-61(45-57)77(67,73-49(3)4)74-50(5)6/h33-38,45-52H,13-32,39-44H2,1-12H3. The lowest BCUT2D eigenvalue weighted by Crippen LogP contribution is -2.20. The van der Waals surface area contributed by atoms with Gasteiger partial charge in [0, 0.05) is 25.7 Å². The Morgan fingerprint density at radius 2 is 0.603 bits per heavy atom. The van der Waals surface area contributed by atoms with Crippen molar-refractivity contribution in [3.8, 4) is 23.0 Å². The van der Waals surface area contributed by atoms with E-state index in [-0.39, 0.29) is 24.4 Å². The number of para-hydroxylation sites is 2. The number of fused-ring (bicyclic) bond motifs is 8. The summed E-state index contributed by atoms with van der Waals surface area (Å²) in [6.07, 6.45) is 24.6. The molecule has 0 saturated heterocycles. The third-order valence-corrected chi connectivity index (χ3v) is 18.8. The first kappa shape index (κ1) is 65.2. The maximum Gasteiger partial charge on any atom is 0.361 e. The minimum absolute atomic E-state index is 0.364. The molecule has 0 saturated carbocycles. The maximum atomic E-state index is 15.3. The highest BCUT2D eigenvalue weighted by Crippen LogP contribution is 2.53. The van der Waals surface area contributed by atoms with Crippen molar-refractivity contribution in [2.45, 2.75) is 248 Å². The topological polar surface area (TPSA) is 108 Å². The first-order valence-electron chi connectivity index (χ1n) is 30.4. The van der Waals surface area contributed by atoms with Gasteiger partial charge in [0.15, 0.2) is 0 Å². The minimum Gasteiger partial charge on any atom is -0.496 e. The molecule has 10 nitrogen and oxygen atoms in total. The number of rotatable bonds is 36. The van der Waals surface area contributed by atoms with Crippen molar-refractivity contribution >= 4 is 25.8 Å². The van der Waals surface area contributed by atoms with Gasteiger partial charge in [-0.05, 0) is 137 Å². The van der Waals surface area contributed by atoms with E-state index in [4.69, 9.17) is 37.0 Å². The lowest BCUT2D eigenvalue weighted by Gasteiger charge is -2.27. The predicted octanol–water partition coefficient (Wildman–Crippen LogP) is 18.3. The second kappa shape index (κ2) is 34.0. The molecule has 4 aromatic carbocycles. The summed E-state index contributed by atoms with van der Waals surface area (Å²) in [4.78, 5) is 0. The Morgan fingerprint density at radius 3 is 0.833 bits per heavy atom. The Kier molecular flexibility index (Phi) is 28.4. The predicted molar refractivity (Wildman–Crippen MR) is 324 cm³/mol. The van der Waals surface area contributed by atoms with Crippen LogP contribution in [0, 0.1) is 0 Å². The van der Waals surface area contributed by atoms with Crippen molar-refractivity contribution in [2.24, 2.45) is 0 Å². The van der Waals surface area contributed by atoms with Crippen molar-refractivity contribution in [1.82, 2.24) is 0 Å². The van der Waals surface area contributed by atoms with Crippen LogP contribution in [0.5, 0.6) is 23.0 Å². The summed E-state index contributed by atoms with van der Waals surface area (Å²) in [6, 6.07) is 20.4. The summed E-state index contributed by atoms with van der Waals surface area (Å²) in [5.74, 6) is 2.95. The van der Waals surface area contributed by atoms with Crippen LogP contribution in [0.25, 0.3) is 0 Å². The van der Waals surface area contributed by atoms with E-state index >= 15 is 9.13 Å². The SMILES string of the molecule is CCCCCCCCCCCCOc1c2cc(P(=O)(OC(C)C)OC(C)C)cc1Cc1cccc(c1OC)Cc1cc(P(=O)(OC(C)C)OC(C)C)cc(c1OCCCCCCCCCCCC)Cc1cccc(c1OC)C2. The van der Waals surface area contributed by atoms with E-state index in [1.54, 1.807) is 14.2 Å². The second-order valence-electron chi connectivity index (χ2n) is 22.8. The number of ether oxygens (including phenoxy) is 4. The molecule has 0 amide bonds. The van der Waals surface area contributed by atoms with E-state index in [0.29, 0.717) is 49.5 Å². The number of hydrogen-bond donors (Lipinski definition) is 0. The van der Waals surface area contributed by atoms with Gasteiger partial charge in [0.25, 0.3) is 0 Å². The van der Waals surface area contributed by atoms with E-state index in [1.165, 1.54) is 103 Å². The zero-order chi connectivity index (χ0) is 56.5. The molecular weight excluding hydrogens is 1010 g/mol. The van der Waals surface area contributed by atoms with Crippen molar-refractivity contribution in [1.29, 1.82) is 0 Å². The Bertz CT molecular complexity index is 2210. The largest absolute Gasteiger partial charge is 0.496 e. The van der Waals surface area contributed by atoms with Gasteiger partial charge in [-0.1, -0.05) is 166 Å². The van der Waals surface area contributed by atoms with Gasteiger partial charge in [-0.2, -0.15) is 0 Å². The van der Waals surface area contributed by atoms with E-state index in [9.17, 15) is 0 Å². The molecule has 0 spiro atoms. The summed E-state index contributed by atoms with van der Waals surface area (Å²) < 4.78 is 82.8. The average molecular weight is 1120 g/mol. The molecule has 78 heavy (non-hydrogen) atoms. The Balaban J connectivity index is 1.68. The normalized spacial score (nSPS) is 13.0. The molecule has 0 heterocycles. The first-order chi connectivity index (χ1) is 37.5. The molecule has 8 bridgehead atoms. The fourth-order valence-electron chi connectivity index (χ4n) is 10.8. The van der Waals surface area contributed by atoms with Crippen molar-refractivity contribution in [2.75, 3.05) is 27.4 Å². The summed E-state index contributed by atoms with van der Waals surface area (Å²) >= 11 is 0. The van der Waals surface area contributed by atoms with Gasteiger partial charge >= 0.3 is 15.2 Å². The highest BCUT2D eigenvalue weighted by Gasteiger charge is 2.35. The van der Waals surface area contributed by atoms with E-state index in [0.717, 1.165) is 93.2 Å². The molecule has 0 N–H and O–H groups in total. The van der Waals surface area contributed by atoms with Crippen molar-refractivity contribution < 1.29 is 46.2 Å². The van der Waals surface area contributed by atoms with Crippen LogP contribution in [0.1, 0.15) is 242 Å². The van der Waals surface area contributed by atoms with Crippen molar-refractivity contribution in [3.63, 3.8) is 0 Å². The minimum atomic E-state index is -3.87. The highest BCUT2D eigenvalue weighted by atomic mass is 31.2. The molecular formula is C66H102O10P2. The molecule has 0 atom stereocenters. The molecule has 0 unspecified atom stereocenters. The van der Waals surface area contributed by atoms with Crippen LogP contribution in [0.15, 0.2) is 60.7 Å². The van der Waals surface area contributed by atoms with Crippen molar-refractivity contribution in [3.05, 3.63) is 105 Å². The Labute approximate surface area is 473 Å². The molecule has 436 valence electrons. The summed E-state index contributed by atoms with van der Waals surface area (Å²) in [5.41, 5.74) is 7.14. The van der Waals surface area contributed by atoms with Crippen LogP contribution in [-0.2, 0) is 52.9 Å². The van der Waals surface area contributed by atoms with Gasteiger partial charge in [0.05, 0.1) is 62.5 Å². The lowest BCUT2D eigenvalue weighted by atomic mass is 9.91. The maximum absolute atomic E-state index is 15.3. The fourth-order valence-corrected chi connectivity index (χ4v) is 14.9. The molecule has 0 fully saturated rings. The van der Waals surface area contributed by atoms with Gasteiger partial charge in [-0.25, -0.2) is 0 Å². The van der Waals surface area contributed by atoms with Crippen LogP contribution in [0.2, 0.25) is 0 Å². The van der Waals surface area contributed by atoms with Gasteiger partial charge in [0.2, 0.25) is 0 Å². The monoisotopic (exact) mass is 1120 g/mol. The average Bonchev–Trinajstić information content (AvgIpc) is 3.46. The molecule has 5 rings (SSSR count). The smallest absolute Gasteiger partial charge is 0.361 e. The number of methoxy groups -OCH3 is 2. The zero-order valence-electron chi connectivity index (χ0n) is 50.4. The van der Waals surface area contributed by atoms with Gasteiger partial charge in [-0.15, -0.1) is 0 Å². The summed E-state index contributed by atoms with van der Waals surface area (Å²) in [7, 11) is -4.29. The third-order valence-electron chi connectivity index (χ3n) is 14.3. The molecule has 1 aliphatic carbocycles. The highest BCUT2D eigenvalue weighted by molar-refractivity contribution is 7.62. The quantitative estimate of drug-likeness (QED) is 0.0284. The second-order valence-corrected chi connectivity index (χ2v) is 26.7. The van der Waals surface area contributed by atoms with Crippen LogP contribution in [0.4, 0.5) is 0 Å². The molecule has 0 aromatic heterocycles. The number of unbranched alkanes of at least 4 members (excludes halogenated alkanes) is 18. The van der Waals surface area contributed by atoms with Crippen LogP contribution in [-0.4, -0.2) is 51.8 Å². The summed E-state index contributed by atoms with van der Waals surface area (Å²) in [5, 5.41) is 0.965. The Hall–Kier alpha value is -3.62. The molecule has 0 aliphatic heterocycles. The first-order valence-corrected chi connectivity index (χ1v) is 33.4. The lowest BCUT2D eigenvalue weighted by molar-refractivity contribution is 0.149. The van der Waals surface area contributed by atoms with Crippen LogP contribution >= 0.6 is 15.2 Å². The fraction of sp³-hybridized carbons (Fsp3) is 0.636. The van der Waals surface area contributed by atoms with E-state index in [1.807, 2.05) is 79.7 Å². The molecule has 4 aromatic rings. The number of benzene rings is 4. The van der Waals surface area contributed by atoms with Crippen LogP contribution < -0.4 is 29.6 Å². The molecule has 0 radical (unpaired) electrons. The van der Waals surface area contributed by atoms with E-state index < -0.39 is 15.2 Å². The van der Waals surface area contributed by atoms with Gasteiger partial charge < -0.3 is 37.0 Å². The summed E-state index contributed by atoms with van der Waals surface area (Å²) in [6.45, 7) is 20.7. The van der Waals surface area contributed by atoms with Gasteiger partial charge in [0.1, 0.15) is 23.0 Å². The zero-order valence-corrected chi connectivity index (χ0v) is 52.2. The van der Waals surface area contributed by atoms with Crippen LogP contribution in [0.3, 0.4) is 0 Å². The Morgan fingerprint density at radius 1 is 0.359 bits per heavy atom.